The average Bonchev–Trinajstić information content (AvgIpc) is 3.03. The molecule has 25 heavy (non-hydrogen) atoms. The van der Waals surface area contributed by atoms with E-state index in [1.807, 2.05) is 18.2 Å². The predicted octanol–water partition coefficient (Wildman–Crippen LogP) is 3.36. The largest absolute Gasteiger partial charge is 0.494 e. The summed E-state index contributed by atoms with van der Waals surface area (Å²) in [6.07, 6.45) is 4.34. The minimum Gasteiger partial charge on any atom is -0.494 e. The number of halogens is 1. The van der Waals surface area contributed by atoms with Crippen molar-refractivity contribution >= 4 is 11.6 Å². The Morgan fingerprint density at radius 3 is 2.72 bits per heavy atom. The highest BCUT2D eigenvalue weighted by molar-refractivity contribution is 6.30. The summed E-state index contributed by atoms with van der Waals surface area (Å²) in [5, 5.41) is 10.7. The van der Waals surface area contributed by atoms with E-state index >= 15 is 0 Å². The van der Waals surface area contributed by atoms with Crippen molar-refractivity contribution in [3.63, 3.8) is 0 Å². The van der Waals surface area contributed by atoms with Crippen LogP contribution in [0.2, 0.25) is 5.02 Å². The summed E-state index contributed by atoms with van der Waals surface area (Å²) in [4.78, 5) is 25.1. The van der Waals surface area contributed by atoms with Crippen LogP contribution >= 0.6 is 11.6 Å². The molecule has 0 aliphatic heterocycles. The summed E-state index contributed by atoms with van der Waals surface area (Å²) in [6.45, 7) is 2.44. The van der Waals surface area contributed by atoms with Crippen molar-refractivity contribution < 1.29 is 5.11 Å². The summed E-state index contributed by atoms with van der Waals surface area (Å²) < 4.78 is 2.61. The summed E-state index contributed by atoms with van der Waals surface area (Å²) in [5.74, 6) is 0.281. The topological polar surface area (TPSA) is 64.2 Å². The molecule has 2 unspecified atom stereocenters. The Kier molecular flexibility index (Phi) is 5.33. The zero-order chi connectivity index (χ0) is 18.0. The maximum absolute atomic E-state index is 12.8. The molecule has 1 aromatic heterocycles. The molecule has 2 atom stereocenters. The van der Waals surface area contributed by atoms with Gasteiger partial charge in [0.1, 0.15) is 0 Å². The number of aryl methyl sites for hydroxylation is 1. The molecule has 1 saturated carbocycles. The van der Waals surface area contributed by atoms with Crippen molar-refractivity contribution in [3.8, 4) is 5.88 Å². The Labute approximate surface area is 151 Å². The Balaban J connectivity index is 1.88. The number of nitrogens with zero attached hydrogens (tertiary/aromatic N) is 2. The first-order valence-electron chi connectivity index (χ1n) is 8.79. The lowest BCUT2D eigenvalue weighted by Crippen LogP contribution is -2.41. The Morgan fingerprint density at radius 1 is 1.24 bits per heavy atom. The fraction of sp³-hybridized carbons (Fsp3) is 0.474. The monoisotopic (exact) mass is 362 g/mol. The third-order valence-corrected chi connectivity index (χ3v) is 5.41. The first-order valence-corrected chi connectivity index (χ1v) is 9.17. The summed E-state index contributed by atoms with van der Waals surface area (Å²) >= 11 is 5.99. The Morgan fingerprint density at radius 2 is 2.04 bits per heavy atom. The van der Waals surface area contributed by atoms with E-state index < -0.39 is 11.2 Å². The lowest BCUT2D eigenvalue weighted by atomic mass is 10.1. The van der Waals surface area contributed by atoms with E-state index in [9.17, 15) is 14.7 Å². The Bertz CT molecular complexity index is 872. The van der Waals surface area contributed by atoms with Gasteiger partial charge in [-0.15, -0.1) is 0 Å². The molecule has 1 heterocycles. The minimum atomic E-state index is -0.422. The molecule has 1 fully saturated rings. The van der Waals surface area contributed by atoms with Gasteiger partial charge in [0.05, 0.1) is 6.07 Å². The van der Waals surface area contributed by atoms with Gasteiger partial charge in [-0.05, 0) is 49.3 Å². The molecule has 6 heteroatoms. The molecule has 5 nitrogen and oxygen atoms in total. The van der Waals surface area contributed by atoms with Crippen LogP contribution in [0.4, 0.5) is 0 Å². The maximum atomic E-state index is 12.8. The molecule has 1 aliphatic rings. The zero-order valence-corrected chi connectivity index (χ0v) is 15.1. The quantitative estimate of drug-likeness (QED) is 0.886. The maximum Gasteiger partial charge on any atom is 0.334 e. The van der Waals surface area contributed by atoms with Gasteiger partial charge in [-0.2, -0.15) is 0 Å². The van der Waals surface area contributed by atoms with Crippen molar-refractivity contribution in [3.05, 3.63) is 61.8 Å². The molecule has 0 amide bonds. The van der Waals surface area contributed by atoms with E-state index in [4.69, 9.17) is 11.6 Å². The normalized spacial score (nSPS) is 20.1. The standard InChI is InChI=1S/C19H23ClN2O3/c1-2-13-6-7-16(11-13)22-18(24)12-17(23)21(19(22)25)9-8-14-4-3-5-15(20)10-14/h3-5,10,12-13,16,23H,2,6-9,11H2,1H3. The number of hydrogen-bond acceptors (Lipinski definition) is 3. The summed E-state index contributed by atoms with van der Waals surface area (Å²) in [7, 11) is 0. The predicted molar refractivity (Wildman–Crippen MR) is 98.5 cm³/mol. The van der Waals surface area contributed by atoms with Crippen LogP contribution in [0.1, 0.15) is 44.2 Å². The number of benzene rings is 1. The van der Waals surface area contributed by atoms with E-state index in [1.54, 1.807) is 6.07 Å². The second kappa shape index (κ2) is 7.48. The minimum absolute atomic E-state index is 0.0667. The van der Waals surface area contributed by atoms with Gasteiger partial charge in [-0.3, -0.25) is 13.9 Å². The SMILES string of the molecule is CCC1CCC(n2c(=O)cc(O)n(CCc3cccc(Cl)c3)c2=O)C1. The summed E-state index contributed by atoms with van der Waals surface area (Å²) in [6, 6.07) is 8.49. The fourth-order valence-corrected chi connectivity index (χ4v) is 3.93. The van der Waals surface area contributed by atoms with Crippen LogP contribution in [0.3, 0.4) is 0 Å². The van der Waals surface area contributed by atoms with E-state index in [2.05, 4.69) is 6.92 Å². The molecule has 0 radical (unpaired) electrons. The van der Waals surface area contributed by atoms with E-state index in [0.29, 0.717) is 23.9 Å². The van der Waals surface area contributed by atoms with Gasteiger partial charge < -0.3 is 5.11 Å². The highest BCUT2D eigenvalue weighted by Gasteiger charge is 2.27. The third-order valence-electron chi connectivity index (χ3n) is 5.17. The number of rotatable bonds is 5. The molecular formula is C19H23ClN2O3. The van der Waals surface area contributed by atoms with Crippen LogP contribution in [0, 0.1) is 5.92 Å². The molecule has 0 spiro atoms. The fourth-order valence-electron chi connectivity index (χ4n) is 3.71. The molecular weight excluding hydrogens is 340 g/mol. The van der Waals surface area contributed by atoms with Crippen LogP contribution in [0.25, 0.3) is 0 Å². The first kappa shape index (κ1) is 17.8. The Hall–Kier alpha value is -2.01. The zero-order valence-electron chi connectivity index (χ0n) is 14.3. The number of aromatic hydroxyl groups is 1. The third kappa shape index (κ3) is 3.82. The lowest BCUT2D eigenvalue weighted by Gasteiger charge is -2.17. The van der Waals surface area contributed by atoms with Crippen LogP contribution in [0.5, 0.6) is 5.88 Å². The van der Waals surface area contributed by atoms with E-state index in [0.717, 1.165) is 37.3 Å². The van der Waals surface area contributed by atoms with Gasteiger partial charge in [0.25, 0.3) is 5.56 Å². The molecule has 3 rings (SSSR count). The van der Waals surface area contributed by atoms with Gasteiger partial charge in [0.15, 0.2) is 0 Å². The highest BCUT2D eigenvalue weighted by atomic mass is 35.5. The molecule has 1 N–H and O–H groups in total. The van der Waals surface area contributed by atoms with Crippen molar-refractivity contribution in [2.75, 3.05) is 0 Å². The van der Waals surface area contributed by atoms with Crippen LogP contribution < -0.4 is 11.2 Å². The van der Waals surface area contributed by atoms with Crippen molar-refractivity contribution in [2.45, 2.75) is 51.6 Å². The van der Waals surface area contributed by atoms with Crippen LogP contribution in [0.15, 0.2) is 39.9 Å². The smallest absolute Gasteiger partial charge is 0.334 e. The van der Waals surface area contributed by atoms with Gasteiger partial charge in [-0.1, -0.05) is 37.1 Å². The van der Waals surface area contributed by atoms with E-state index in [-0.39, 0.29) is 11.9 Å². The second-order valence-electron chi connectivity index (χ2n) is 6.77. The van der Waals surface area contributed by atoms with Gasteiger partial charge in [-0.25, -0.2) is 4.79 Å². The summed E-state index contributed by atoms with van der Waals surface area (Å²) in [5.41, 5.74) is 0.139. The van der Waals surface area contributed by atoms with Gasteiger partial charge >= 0.3 is 5.69 Å². The van der Waals surface area contributed by atoms with Crippen LogP contribution in [-0.2, 0) is 13.0 Å². The number of aromatic nitrogens is 2. The molecule has 0 bridgehead atoms. The van der Waals surface area contributed by atoms with Crippen molar-refractivity contribution in [1.82, 2.24) is 9.13 Å². The van der Waals surface area contributed by atoms with Crippen molar-refractivity contribution in [1.29, 1.82) is 0 Å². The van der Waals surface area contributed by atoms with E-state index in [1.165, 1.54) is 9.13 Å². The highest BCUT2D eigenvalue weighted by Crippen LogP contribution is 2.34. The average molecular weight is 363 g/mol. The second-order valence-corrected chi connectivity index (χ2v) is 7.20. The lowest BCUT2D eigenvalue weighted by molar-refractivity contribution is 0.369. The van der Waals surface area contributed by atoms with Gasteiger partial charge in [0.2, 0.25) is 5.88 Å². The van der Waals surface area contributed by atoms with Crippen LogP contribution in [-0.4, -0.2) is 14.2 Å². The molecule has 134 valence electrons. The first-order chi connectivity index (χ1) is 12.0. The van der Waals surface area contributed by atoms with Crippen molar-refractivity contribution in [2.24, 2.45) is 5.92 Å². The molecule has 1 aliphatic carbocycles. The molecule has 0 saturated heterocycles. The number of hydrogen-bond donors (Lipinski definition) is 1. The molecule has 1 aromatic carbocycles. The molecule has 2 aromatic rings. The van der Waals surface area contributed by atoms with Gasteiger partial charge in [0, 0.05) is 17.6 Å².